The van der Waals surface area contributed by atoms with Gasteiger partial charge in [-0.1, -0.05) is 15.9 Å². The molecule has 0 aliphatic heterocycles. The Bertz CT molecular complexity index is 554. The number of carbonyl (C=O) groups excluding carboxylic acids is 1. The van der Waals surface area contributed by atoms with Crippen LogP contribution < -0.4 is 10.6 Å². The van der Waals surface area contributed by atoms with Gasteiger partial charge in [-0.25, -0.2) is 4.79 Å². The Morgan fingerprint density at radius 2 is 1.86 bits per heavy atom. The van der Waals surface area contributed by atoms with Crippen LogP contribution in [0, 0.1) is 0 Å². The Balaban J connectivity index is 2.79. The molecule has 0 aliphatic rings. The average Bonchev–Trinajstić information content (AvgIpc) is 2.30. The second-order valence-corrected chi connectivity index (χ2v) is 7.36. The first kappa shape index (κ1) is 18.1. The zero-order valence-electron chi connectivity index (χ0n) is 12.1. The molecule has 21 heavy (non-hydrogen) atoms. The van der Waals surface area contributed by atoms with E-state index in [1.807, 2.05) is 20.8 Å². The molecular weight excluding hydrogens is 404 g/mol. The molecule has 7 heteroatoms. The number of aromatic carboxylic acids is 1. The Hall–Kier alpha value is -0.920. The summed E-state index contributed by atoms with van der Waals surface area (Å²) >= 11 is 6.50. The number of anilines is 1. The van der Waals surface area contributed by atoms with Crippen molar-refractivity contribution >= 4 is 49.4 Å². The first-order chi connectivity index (χ1) is 9.60. The molecule has 0 spiro atoms. The lowest BCUT2D eigenvalue weighted by atomic mass is 10.1. The maximum atomic E-state index is 11.9. The molecule has 1 aromatic carbocycles. The molecule has 0 aromatic heterocycles. The second kappa shape index (κ2) is 7.38. The average molecular weight is 422 g/mol. The van der Waals surface area contributed by atoms with E-state index >= 15 is 0 Å². The van der Waals surface area contributed by atoms with Gasteiger partial charge in [-0.2, -0.15) is 0 Å². The largest absolute Gasteiger partial charge is 0.478 e. The highest BCUT2D eigenvalue weighted by atomic mass is 79.9. The van der Waals surface area contributed by atoms with Crippen molar-refractivity contribution in [3.63, 3.8) is 0 Å². The number of benzene rings is 1. The van der Waals surface area contributed by atoms with Crippen LogP contribution in [0.2, 0.25) is 0 Å². The van der Waals surface area contributed by atoms with Crippen molar-refractivity contribution in [3.8, 4) is 0 Å². The van der Waals surface area contributed by atoms with Crippen molar-refractivity contribution in [1.82, 2.24) is 5.32 Å². The van der Waals surface area contributed by atoms with Gasteiger partial charge in [-0.3, -0.25) is 4.79 Å². The number of carboxylic acids is 1. The van der Waals surface area contributed by atoms with Crippen LogP contribution in [0.4, 0.5) is 5.69 Å². The summed E-state index contributed by atoms with van der Waals surface area (Å²) in [5.74, 6) is -1.34. The SMILES string of the molecule is CC(C)(C)NCCC(=O)Nc1c(Br)cc(Br)cc1C(=O)O. The van der Waals surface area contributed by atoms with E-state index in [9.17, 15) is 14.7 Å². The molecule has 0 radical (unpaired) electrons. The normalized spacial score (nSPS) is 11.3. The molecule has 1 amide bonds. The molecule has 1 aromatic rings. The summed E-state index contributed by atoms with van der Waals surface area (Å²) < 4.78 is 1.14. The summed E-state index contributed by atoms with van der Waals surface area (Å²) in [6.45, 7) is 6.56. The van der Waals surface area contributed by atoms with Gasteiger partial charge in [0, 0.05) is 27.4 Å². The predicted molar refractivity (Wildman–Crippen MR) is 89.8 cm³/mol. The van der Waals surface area contributed by atoms with Crippen molar-refractivity contribution in [2.75, 3.05) is 11.9 Å². The van der Waals surface area contributed by atoms with Crippen molar-refractivity contribution in [2.45, 2.75) is 32.7 Å². The highest BCUT2D eigenvalue weighted by Crippen LogP contribution is 2.31. The standard InChI is InChI=1S/C14H18Br2N2O3/c1-14(2,3)17-5-4-11(19)18-12-9(13(20)21)6-8(15)7-10(12)16/h6-7,17H,4-5H2,1-3H3,(H,18,19)(H,20,21). The van der Waals surface area contributed by atoms with Crippen molar-refractivity contribution in [1.29, 1.82) is 0 Å². The van der Waals surface area contributed by atoms with E-state index in [1.165, 1.54) is 6.07 Å². The zero-order chi connectivity index (χ0) is 16.2. The van der Waals surface area contributed by atoms with Gasteiger partial charge in [0.1, 0.15) is 0 Å². The van der Waals surface area contributed by atoms with Gasteiger partial charge in [-0.15, -0.1) is 0 Å². The van der Waals surface area contributed by atoms with Gasteiger partial charge in [0.2, 0.25) is 5.91 Å². The molecule has 0 unspecified atom stereocenters. The van der Waals surface area contributed by atoms with Gasteiger partial charge in [0.25, 0.3) is 0 Å². The van der Waals surface area contributed by atoms with Gasteiger partial charge < -0.3 is 15.7 Å². The van der Waals surface area contributed by atoms with Crippen LogP contribution in [-0.4, -0.2) is 29.1 Å². The number of hydrogen-bond donors (Lipinski definition) is 3. The number of carboxylic acid groups (broad SMARTS) is 1. The number of nitrogens with one attached hydrogen (secondary N) is 2. The maximum Gasteiger partial charge on any atom is 0.337 e. The predicted octanol–water partition coefficient (Wildman–Crippen LogP) is 3.63. The summed E-state index contributed by atoms with van der Waals surface area (Å²) in [6.07, 6.45) is 0.263. The molecule has 0 saturated heterocycles. The van der Waals surface area contributed by atoms with Gasteiger partial charge in [0.15, 0.2) is 0 Å². The van der Waals surface area contributed by atoms with Gasteiger partial charge in [-0.05, 0) is 48.8 Å². The summed E-state index contributed by atoms with van der Waals surface area (Å²) in [7, 11) is 0. The van der Waals surface area contributed by atoms with Crippen LogP contribution >= 0.6 is 31.9 Å². The van der Waals surface area contributed by atoms with Crippen LogP contribution in [0.5, 0.6) is 0 Å². The quantitative estimate of drug-likeness (QED) is 0.678. The third-order valence-corrected chi connectivity index (χ3v) is 3.64. The van der Waals surface area contributed by atoms with Crippen LogP contribution in [-0.2, 0) is 4.79 Å². The molecular formula is C14H18Br2N2O3. The minimum Gasteiger partial charge on any atom is -0.478 e. The van der Waals surface area contributed by atoms with E-state index in [1.54, 1.807) is 6.07 Å². The topological polar surface area (TPSA) is 78.4 Å². The smallest absolute Gasteiger partial charge is 0.337 e. The lowest BCUT2D eigenvalue weighted by Crippen LogP contribution is -2.37. The molecule has 0 aliphatic carbocycles. The van der Waals surface area contributed by atoms with Crippen LogP contribution in [0.15, 0.2) is 21.1 Å². The van der Waals surface area contributed by atoms with E-state index in [0.29, 0.717) is 15.5 Å². The Kier molecular flexibility index (Phi) is 6.37. The van der Waals surface area contributed by atoms with Crippen LogP contribution in [0.1, 0.15) is 37.6 Å². The molecule has 0 heterocycles. The molecule has 0 atom stereocenters. The van der Waals surface area contributed by atoms with E-state index in [2.05, 4.69) is 42.5 Å². The van der Waals surface area contributed by atoms with Crippen molar-refractivity contribution in [2.24, 2.45) is 0 Å². The molecule has 0 fully saturated rings. The molecule has 116 valence electrons. The maximum absolute atomic E-state index is 11.9. The lowest BCUT2D eigenvalue weighted by molar-refractivity contribution is -0.116. The third-order valence-electron chi connectivity index (χ3n) is 2.56. The van der Waals surface area contributed by atoms with Gasteiger partial charge in [0.05, 0.1) is 11.3 Å². The fourth-order valence-corrected chi connectivity index (χ4v) is 2.95. The molecule has 0 saturated carbocycles. The van der Waals surface area contributed by atoms with E-state index < -0.39 is 5.97 Å². The molecule has 3 N–H and O–H groups in total. The zero-order valence-corrected chi connectivity index (χ0v) is 15.3. The monoisotopic (exact) mass is 420 g/mol. The minimum absolute atomic E-state index is 0.0355. The van der Waals surface area contributed by atoms with E-state index in [4.69, 9.17) is 0 Å². The lowest BCUT2D eigenvalue weighted by Gasteiger charge is -2.20. The number of carbonyl (C=O) groups is 2. The highest BCUT2D eigenvalue weighted by molar-refractivity contribution is 9.11. The number of amides is 1. The second-order valence-electron chi connectivity index (χ2n) is 5.59. The summed E-state index contributed by atoms with van der Waals surface area (Å²) in [5, 5.41) is 15.1. The molecule has 1 rings (SSSR count). The number of hydrogen-bond acceptors (Lipinski definition) is 3. The number of rotatable bonds is 5. The van der Waals surface area contributed by atoms with Crippen molar-refractivity contribution in [3.05, 3.63) is 26.6 Å². The molecule has 5 nitrogen and oxygen atoms in total. The van der Waals surface area contributed by atoms with Crippen LogP contribution in [0.25, 0.3) is 0 Å². The van der Waals surface area contributed by atoms with Crippen molar-refractivity contribution < 1.29 is 14.7 Å². The minimum atomic E-state index is -1.10. The number of halogens is 2. The first-order valence-electron chi connectivity index (χ1n) is 6.37. The Morgan fingerprint density at radius 3 is 2.38 bits per heavy atom. The fourth-order valence-electron chi connectivity index (χ4n) is 1.62. The summed E-state index contributed by atoms with van der Waals surface area (Å²) in [5.41, 5.74) is 0.241. The Labute approximate surface area is 140 Å². The third kappa shape index (κ3) is 6.15. The Morgan fingerprint density at radius 1 is 1.24 bits per heavy atom. The highest BCUT2D eigenvalue weighted by Gasteiger charge is 2.17. The summed E-state index contributed by atoms with van der Waals surface area (Å²) in [4.78, 5) is 23.2. The van der Waals surface area contributed by atoms with E-state index in [-0.39, 0.29) is 29.1 Å². The van der Waals surface area contributed by atoms with Crippen LogP contribution in [0.3, 0.4) is 0 Å². The van der Waals surface area contributed by atoms with Gasteiger partial charge >= 0.3 is 5.97 Å². The van der Waals surface area contributed by atoms with E-state index in [0.717, 1.165) is 0 Å². The summed E-state index contributed by atoms with van der Waals surface area (Å²) in [6, 6.07) is 3.14. The fraction of sp³-hybridized carbons (Fsp3) is 0.429. The molecule has 0 bridgehead atoms. The first-order valence-corrected chi connectivity index (χ1v) is 7.96.